The van der Waals surface area contributed by atoms with Gasteiger partial charge in [0.1, 0.15) is 10.7 Å². The number of primary sulfonamides is 1. The minimum absolute atomic E-state index is 0.0312. The number of unbranched alkanes of at least 4 members (excludes halogenated alkanes) is 2. The average molecular weight is 316 g/mol. The van der Waals surface area contributed by atoms with Crippen molar-refractivity contribution in [3.63, 3.8) is 0 Å². The van der Waals surface area contributed by atoms with Gasteiger partial charge in [0, 0.05) is 19.2 Å². The highest BCUT2D eigenvalue weighted by Crippen LogP contribution is 2.20. The molecule has 0 aromatic carbocycles. The molecule has 1 aromatic heterocycles. The minimum Gasteiger partial charge on any atom is -0.455 e. The summed E-state index contributed by atoms with van der Waals surface area (Å²) in [6.07, 6.45) is 3.76. The molecule has 0 aliphatic rings. The topological polar surface area (TPSA) is 93.6 Å². The highest BCUT2D eigenvalue weighted by molar-refractivity contribution is 7.89. The maximum Gasteiger partial charge on any atom is 0.289 e. The van der Waals surface area contributed by atoms with Gasteiger partial charge in [-0.2, -0.15) is 0 Å². The van der Waals surface area contributed by atoms with Crippen molar-refractivity contribution >= 4 is 15.9 Å². The molecule has 0 saturated carbocycles. The summed E-state index contributed by atoms with van der Waals surface area (Å²) in [6, 6.07) is 1.22. The van der Waals surface area contributed by atoms with Crippen molar-refractivity contribution in [3.8, 4) is 0 Å². The van der Waals surface area contributed by atoms with E-state index in [1.807, 2.05) is 0 Å². The SMILES string of the molecule is CCCCN(CCCC)C(=O)c1cc(S(N)(=O)=O)c(C)o1. The van der Waals surface area contributed by atoms with Crippen molar-refractivity contribution < 1.29 is 17.6 Å². The lowest BCUT2D eigenvalue weighted by atomic mass is 10.2. The maximum absolute atomic E-state index is 12.4. The second-order valence-electron chi connectivity index (χ2n) is 5.08. The standard InChI is InChI=1S/C14H24N2O4S/c1-4-6-8-16(9-7-5-2)14(17)12-10-13(11(3)20-12)21(15,18)19/h10H,4-9H2,1-3H3,(H2,15,18,19). The lowest BCUT2D eigenvalue weighted by molar-refractivity contribution is 0.0717. The van der Waals surface area contributed by atoms with E-state index in [1.165, 1.54) is 13.0 Å². The Hall–Kier alpha value is -1.34. The van der Waals surface area contributed by atoms with Gasteiger partial charge in [-0.3, -0.25) is 4.79 Å². The zero-order chi connectivity index (χ0) is 16.0. The molecular formula is C14H24N2O4S. The van der Waals surface area contributed by atoms with Crippen LogP contribution in [0, 0.1) is 6.92 Å². The molecule has 21 heavy (non-hydrogen) atoms. The Labute approximate surface area is 126 Å². The first-order valence-corrected chi connectivity index (χ1v) is 8.78. The van der Waals surface area contributed by atoms with Gasteiger partial charge in [-0.15, -0.1) is 0 Å². The van der Waals surface area contributed by atoms with Crippen molar-refractivity contribution in [3.05, 3.63) is 17.6 Å². The van der Waals surface area contributed by atoms with Gasteiger partial charge in [0.2, 0.25) is 10.0 Å². The number of sulfonamides is 1. The number of rotatable bonds is 8. The first kappa shape index (κ1) is 17.7. The normalized spacial score (nSPS) is 11.6. The molecule has 0 atom stereocenters. The number of carbonyl (C=O) groups excluding carboxylic acids is 1. The average Bonchev–Trinajstić information content (AvgIpc) is 2.80. The van der Waals surface area contributed by atoms with Crippen LogP contribution >= 0.6 is 0 Å². The predicted molar refractivity (Wildman–Crippen MR) is 80.5 cm³/mol. The van der Waals surface area contributed by atoms with Crippen molar-refractivity contribution in [1.29, 1.82) is 0 Å². The third-order valence-corrected chi connectivity index (χ3v) is 4.26. The molecule has 6 nitrogen and oxygen atoms in total. The molecule has 1 aromatic rings. The number of carbonyl (C=O) groups is 1. The third kappa shape index (κ3) is 4.86. The van der Waals surface area contributed by atoms with E-state index in [2.05, 4.69) is 13.8 Å². The van der Waals surface area contributed by atoms with E-state index < -0.39 is 10.0 Å². The molecule has 0 fully saturated rings. The molecule has 120 valence electrons. The third-order valence-electron chi connectivity index (χ3n) is 3.24. The van der Waals surface area contributed by atoms with Crippen LogP contribution in [0.5, 0.6) is 0 Å². The molecular weight excluding hydrogens is 292 g/mol. The monoisotopic (exact) mass is 316 g/mol. The van der Waals surface area contributed by atoms with E-state index >= 15 is 0 Å². The molecule has 0 aliphatic carbocycles. The van der Waals surface area contributed by atoms with Crippen LogP contribution in [-0.4, -0.2) is 32.3 Å². The minimum atomic E-state index is -3.87. The van der Waals surface area contributed by atoms with Gasteiger partial charge in [0.15, 0.2) is 5.76 Å². The summed E-state index contributed by atoms with van der Waals surface area (Å²) in [4.78, 5) is 14.0. The number of hydrogen-bond acceptors (Lipinski definition) is 4. The fourth-order valence-corrected chi connectivity index (χ4v) is 2.74. The first-order valence-electron chi connectivity index (χ1n) is 7.23. The van der Waals surface area contributed by atoms with Gasteiger partial charge in [-0.05, 0) is 19.8 Å². The summed E-state index contributed by atoms with van der Waals surface area (Å²) in [7, 11) is -3.87. The van der Waals surface area contributed by atoms with Crippen molar-refractivity contribution in [2.24, 2.45) is 5.14 Å². The summed E-state index contributed by atoms with van der Waals surface area (Å²) in [5.41, 5.74) is 0. The Bertz CT molecular complexity index is 570. The summed E-state index contributed by atoms with van der Waals surface area (Å²) in [5.74, 6) is -0.106. The number of nitrogens with zero attached hydrogens (tertiary/aromatic N) is 1. The Kier molecular flexibility index (Phi) is 6.42. The lowest BCUT2D eigenvalue weighted by Crippen LogP contribution is -2.32. The van der Waals surface area contributed by atoms with E-state index in [4.69, 9.17) is 9.56 Å². The van der Waals surface area contributed by atoms with Crippen LogP contribution in [0.25, 0.3) is 0 Å². The number of hydrogen-bond donors (Lipinski definition) is 1. The van der Waals surface area contributed by atoms with Crippen LogP contribution in [-0.2, 0) is 10.0 Å². The van der Waals surface area contributed by atoms with Gasteiger partial charge < -0.3 is 9.32 Å². The second-order valence-corrected chi connectivity index (χ2v) is 6.61. The predicted octanol–water partition coefficient (Wildman–Crippen LogP) is 2.28. The summed E-state index contributed by atoms with van der Waals surface area (Å²) in [6.45, 7) is 6.87. The fourth-order valence-electron chi connectivity index (χ4n) is 2.02. The molecule has 0 saturated heterocycles. The molecule has 2 N–H and O–H groups in total. The molecule has 0 unspecified atom stereocenters. The number of nitrogens with two attached hydrogens (primary N) is 1. The Morgan fingerprint density at radius 2 is 1.76 bits per heavy atom. The van der Waals surface area contributed by atoms with Crippen LogP contribution in [0.1, 0.15) is 55.8 Å². The summed E-state index contributed by atoms with van der Waals surface area (Å²) >= 11 is 0. The second kappa shape index (κ2) is 7.61. The first-order chi connectivity index (χ1) is 9.81. The number of furan rings is 1. The van der Waals surface area contributed by atoms with Crippen molar-refractivity contribution in [2.75, 3.05) is 13.1 Å². The van der Waals surface area contributed by atoms with Crippen molar-refractivity contribution in [2.45, 2.75) is 51.3 Å². The van der Waals surface area contributed by atoms with Gasteiger partial charge in [0.25, 0.3) is 5.91 Å². The fraction of sp³-hybridized carbons (Fsp3) is 0.643. The lowest BCUT2D eigenvalue weighted by Gasteiger charge is -2.21. The Morgan fingerprint density at radius 3 is 2.14 bits per heavy atom. The molecule has 0 radical (unpaired) electrons. The number of aryl methyl sites for hydroxylation is 1. The van der Waals surface area contributed by atoms with Gasteiger partial charge >= 0.3 is 0 Å². The molecule has 1 heterocycles. The van der Waals surface area contributed by atoms with E-state index in [9.17, 15) is 13.2 Å². The van der Waals surface area contributed by atoms with Crippen LogP contribution in [0.4, 0.5) is 0 Å². The Balaban J connectivity index is 2.98. The summed E-state index contributed by atoms with van der Waals surface area (Å²) in [5, 5.41) is 5.09. The van der Waals surface area contributed by atoms with E-state index in [1.54, 1.807) is 4.90 Å². The number of amides is 1. The molecule has 0 bridgehead atoms. The van der Waals surface area contributed by atoms with Crippen LogP contribution in [0.15, 0.2) is 15.4 Å². The van der Waals surface area contributed by atoms with E-state index in [0.717, 1.165) is 25.7 Å². The quantitative estimate of drug-likeness (QED) is 0.796. The smallest absolute Gasteiger partial charge is 0.289 e. The Morgan fingerprint density at radius 1 is 1.24 bits per heavy atom. The van der Waals surface area contributed by atoms with Crippen LogP contribution in [0.2, 0.25) is 0 Å². The van der Waals surface area contributed by atoms with Crippen LogP contribution < -0.4 is 5.14 Å². The molecule has 7 heteroatoms. The van der Waals surface area contributed by atoms with Gasteiger partial charge in [-0.25, -0.2) is 13.6 Å². The molecule has 1 rings (SSSR count). The van der Waals surface area contributed by atoms with E-state index in [-0.39, 0.29) is 22.3 Å². The molecule has 1 amide bonds. The largest absolute Gasteiger partial charge is 0.455 e. The molecule has 0 spiro atoms. The summed E-state index contributed by atoms with van der Waals surface area (Å²) < 4.78 is 28.1. The van der Waals surface area contributed by atoms with E-state index in [0.29, 0.717) is 13.1 Å². The zero-order valence-corrected chi connectivity index (χ0v) is 13.7. The van der Waals surface area contributed by atoms with Crippen molar-refractivity contribution in [1.82, 2.24) is 4.90 Å². The zero-order valence-electron chi connectivity index (χ0n) is 12.9. The van der Waals surface area contributed by atoms with Gasteiger partial charge in [-0.1, -0.05) is 26.7 Å². The molecule has 0 aliphatic heterocycles. The highest BCUT2D eigenvalue weighted by atomic mass is 32.2. The maximum atomic E-state index is 12.4. The van der Waals surface area contributed by atoms with Crippen LogP contribution in [0.3, 0.4) is 0 Å². The van der Waals surface area contributed by atoms with Gasteiger partial charge in [0.05, 0.1) is 0 Å². The highest BCUT2D eigenvalue weighted by Gasteiger charge is 2.24.